The first-order chi connectivity index (χ1) is 4.45. The van der Waals surface area contributed by atoms with Crippen LogP contribution >= 0.6 is 0 Å². The Bertz CT molecular complexity index is 144. The summed E-state index contributed by atoms with van der Waals surface area (Å²) in [6.45, 7) is 0. The van der Waals surface area contributed by atoms with Gasteiger partial charge >= 0.3 is 0 Å². The maximum absolute atomic E-state index is 5.47. The maximum Gasteiger partial charge on any atom is 0.0872 e. The summed E-state index contributed by atoms with van der Waals surface area (Å²) < 4.78 is 5.47. The van der Waals surface area contributed by atoms with Gasteiger partial charge in [-0.05, 0) is 31.1 Å². The lowest BCUT2D eigenvalue weighted by atomic mass is 10.00. The first-order valence-electron chi connectivity index (χ1n) is 4.10. The second-order valence-electron chi connectivity index (χ2n) is 3.73. The molecule has 2 saturated carbocycles. The average Bonchev–Trinajstić information content (AvgIpc) is 2.38. The molecule has 4 atom stereocenters. The zero-order valence-corrected chi connectivity index (χ0v) is 5.55. The largest absolute Gasteiger partial charge is 0.369 e. The Morgan fingerprint density at radius 1 is 1.22 bits per heavy atom. The van der Waals surface area contributed by atoms with Crippen molar-refractivity contribution in [3.05, 3.63) is 0 Å². The molecular weight excluding hydrogens is 112 g/mol. The molecule has 0 aromatic rings. The van der Waals surface area contributed by atoms with Gasteiger partial charge in [0.2, 0.25) is 0 Å². The Kier molecular flexibility index (Phi) is 0.704. The lowest BCUT2D eigenvalue weighted by molar-refractivity contribution is 0.225. The Balaban J connectivity index is 1.88. The quantitative estimate of drug-likeness (QED) is 0.446. The summed E-state index contributed by atoms with van der Waals surface area (Å²) in [6.07, 6.45) is 7.29. The van der Waals surface area contributed by atoms with Gasteiger partial charge in [-0.2, -0.15) is 0 Å². The minimum atomic E-state index is 0.722. The fourth-order valence-corrected chi connectivity index (χ4v) is 2.81. The van der Waals surface area contributed by atoms with Crippen LogP contribution in [0.25, 0.3) is 0 Å². The lowest BCUT2D eigenvalue weighted by Crippen LogP contribution is -2.06. The van der Waals surface area contributed by atoms with Gasteiger partial charge in [0, 0.05) is 0 Å². The van der Waals surface area contributed by atoms with Crippen LogP contribution in [0.5, 0.6) is 0 Å². The number of fused-ring (bicyclic) bond motifs is 3. The maximum atomic E-state index is 5.47. The van der Waals surface area contributed by atoms with Crippen LogP contribution < -0.4 is 0 Å². The second-order valence-corrected chi connectivity index (χ2v) is 3.73. The molecule has 0 aromatic heterocycles. The van der Waals surface area contributed by atoms with Gasteiger partial charge in [-0.3, -0.25) is 0 Å². The van der Waals surface area contributed by atoms with Crippen LogP contribution in [0.4, 0.5) is 0 Å². The van der Waals surface area contributed by atoms with Gasteiger partial charge in [0.1, 0.15) is 0 Å². The fourth-order valence-electron chi connectivity index (χ4n) is 2.81. The van der Waals surface area contributed by atoms with E-state index in [1.54, 1.807) is 0 Å². The van der Waals surface area contributed by atoms with Crippen molar-refractivity contribution in [3.8, 4) is 0 Å². The van der Waals surface area contributed by atoms with E-state index in [9.17, 15) is 0 Å². The number of ether oxygens (including phenoxy) is 1. The molecule has 9 heavy (non-hydrogen) atoms. The van der Waals surface area contributed by atoms with E-state index in [1.165, 1.54) is 25.7 Å². The van der Waals surface area contributed by atoms with Gasteiger partial charge < -0.3 is 4.74 Å². The van der Waals surface area contributed by atoms with Crippen molar-refractivity contribution in [1.29, 1.82) is 0 Å². The molecule has 0 bridgehead atoms. The summed E-state index contributed by atoms with van der Waals surface area (Å²) in [5, 5.41) is 0. The summed E-state index contributed by atoms with van der Waals surface area (Å²) in [5.41, 5.74) is 0. The zero-order chi connectivity index (χ0) is 5.84. The highest BCUT2D eigenvalue weighted by Crippen LogP contribution is 2.53. The molecule has 0 aromatic carbocycles. The second kappa shape index (κ2) is 1.34. The number of epoxide rings is 1. The zero-order valence-electron chi connectivity index (χ0n) is 5.55. The summed E-state index contributed by atoms with van der Waals surface area (Å²) >= 11 is 0. The third kappa shape index (κ3) is 0.493. The molecule has 1 aliphatic heterocycles. The monoisotopic (exact) mass is 124 g/mol. The van der Waals surface area contributed by atoms with Crippen molar-refractivity contribution >= 4 is 0 Å². The lowest BCUT2D eigenvalue weighted by Gasteiger charge is -2.09. The molecule has 0 unspecified atom stereocenters. The number of rotatable bonds is 0. The topological polar surface area (TPSA) is 12.5 Å². The normalized spacial score (nSPS) is 61.3. The van der Waals surface area contributed by atoms with E-state index in [4.69, 9.17) is 4.74 Å². The summed E-state index contributed by atoms with van der Waals surface area (Å²) in [6, 6.07) is 0. The highest BCUT2D eigenvalue weighted by atomic mass is 16.6. The molecule has 1 heteroatoms. The Morgan fingerprint density at radius 2 is 2.22 bits per heavy atom. The highest BCUT2D eigenvalue weighted by molar-refractivity contribution is 5.04. The molecular formula is C8H12O. The van der Waals surface area contributed by atoms with Crippen LogP contribution in [0.1, 0.15) is 25.7 Å². The van der Waals surface area contributed by atoms with E-state index >= 15 is 0 Å². The number of hydrogen-bond acceptors (Lipinski definition) is 1. The van der Waals surface area contributed by atoms with Crippen molar-refractivity contribution in [2.45, 2.75) is 37.9 Å². The number of hydrogen-bond donors (Lipinski definition) is 0. The van der Waals surface area contributed by atoms with Crippen molar-refractivity contribution < 1.29 is 4.74 Å². The molecule has 3 aliphatic rings. The summed E-state index contributed by atoms with van der Waals surface area (Å²) in [4.78, 5) is 0. The molecule has 1 nitrogen and oxygen atoms in total. The minimum absolute atomic E-state index is 0.722. The molecule has 1 heterocycles. The SMILES string of the molecule is C1C[C@H]2C[C@H]3O[C@H]3[C@@H]2C1. The van der Waals surface area contributed by atoms with E-state index in [2.05, 4.69) is 0 Å². The third-order valence-corrected chi connectivity index (χ3v) is 3.30. The first kappa shape index (κ1) is 4.73. The first-order valence-corrected chi connectivity index (χ1v) is 4.10. The molecule has 0 spiro atoms. The third-order valence-electron chi connectivity index (χ3n) is 3.30. The van der Waals surface area contributed by atoms with Gasteiger partial charge in [0.15, 0.2) is 0 Å². The van der Waals surface area contributed by atoms with Crippen LogP contribution in [-0.2, 0) is 4.74 Å². The van der Waals surface area contributed by atoms with E-state index in [0.717, 1.165) is 24.0 Å². The molecule has 0 radical (unpaired) electrons. The summed E-state index contributed by atoms with van der Waals surface area (Å²) in [5.74, 6) is 2.07. The summed E-state index contributed by atoms with van der Waals surface area (Å²) in [7, 11) is 0. The minimum Gasteiger partial charge on any atom is -0.369 e. The molecule has 3 rings (SSSR count). The molecule has 1 saturated heterocycles. The molecule has 0 N–H and O–H groups in total. The van der Waals surface area contributed by atoms with Gasteiger partial charge in [-0.1, -0.05) is 6.42 Å². The van der Waals surface area contributed by atoms with Gasteiger partial charge in [0.25, 0.3) is 0 Å². The Labute approximate surface area is 55.4 Å². The molecule has 2 aliphatic carbocycles. The van der Waals surface area contributed by atoms with Crippen molar-refractivity contribution in [2.24, 2.45) is 11.8 Å². The van der Waals surface area contributed by atoms with E-state index in [-0.39, 0.29) is 0 Å². The van der Waals surface area contributed by atoms with Crippen molar-refractivity contribution in [2.75, 3.05) is 0 Å². The van der Waals surface area contributed by atoms with Crippen LogP contribution in [0, 0.1) is 11.8 Å². The Morgan fingerprint density at radius 3 is 3.11 bits per heavy atom. The Hall–Kier alpha value is -0.0400. The van der Waals surface area contributed by atoms with Gasteiger partial charge in [0.05, 0.1) is 12.2 Å². The molecule has 3 fully saturated rings. The van der Waals surface area contributed by atoms with Gasteiger partial charge in [-0.25, -0.2) is 0 Å². The predicted molar refractivity (Wildman–Crippen MR) is 34.1 cm³/mol. The van der Waals surface area contributed by atoms with Crippen LogP contribution in [0.3, 0.4) is 0 Å². The van der Waals surface area contributed by atoms with E-state index in [0.29, 0.717) is 0 Å². The van der Waals surface area contributed by atoms with E-state index < -0.39 is 0 Å². The molecule has 0 amide bonds. The molecule has 50 valence electrons. The highest BCUT2D eigenvalue weighted by Gasteiger charge is 2.56. The predicted octanol–water partition coefficient (Wildman–Crippen LogP) is 1.57. The van der Waals surface area contributed by atoms with Gasteiger partial charge in [-0.15, -0.1) is 0 Å². The van der Waals surface area contributed by atoms with Crippen LogP contribution in [0.15, 0.2) is 0 Å². The van der Waals surface area contributed by atoms with Crippen molar-refractivity contribution in [3.63, 3.8) is 0 Å². The fraction of sp³-hybridized carbons (Fsp3) is 1.00. The van der Waals surface area contributed by atoms with E-state index in [1.807, 2.05) is 0 Å². The van der Waals surface area contributed by atoms with Crippen LogP contribution in [-0.4, -0.2) is 12.2 Å². The smallest absolute Gasteiger partial charge is 0.0872 e. The average molecular weight is 124 g/mol. The van der Waals surface area contributed by atoms with Crippen LogP contribution in [0.2, 0.25) is 0 Å². The standard InChI is InChI=1S/C8H12O/c1-2-5-4-7-8(9-7)6(5)3-1/h5-8H,1-4H2/t5-,6+,7+,8-/m0/s1. The van der Waals surface area contributed by atoms with Crippen molar-refractivity contribution in [1.82, 2.24) is 0 Å².